The van der Waals surface area contributed by atoms with Crippen molar-refractivity contribution in [1.82, 2.24) is 9.97 Å². The van der Waals surface area contributed by atoms with E-state index in [1.165, 1.54) is 0 Å². The Kier molecular flexibility index (Phi) is 7.37. The molecule has 27 heavy (non-hydrogen) atoms. The highest BCUT2D eigenvalue weighted by molar-refractivity contribution is 9.10. The molecule has 0 atom stereocenters. The van der Waals surface area contributed by atoms with Gasteiger partial charge >= 0.3 is 0 Å². The number of H-pyrrole nitrogens is 1. The van der Waals surface area contributed by atoms with Gasteiger partial charge in [0.05, 0.1) is 29.6 Å². The number of aliphatic hydroxyl groups excluding tert-OH is 1. The number of aliphatic hydroxyl groups is 1. The first-order chi connectivity index (χ1) is 12.8. The molecule has 0 saturated heterocycles. The molecular weight excluding hydrogens is 416 g/mol. The molecule has 0 spiro atoms. The van der Waals surface area contributed by atoms with Crippen LogP contribution in [0.5, 0.6) is 11.5 Å². The highest BCUT2D eigenvalue weighted by Gasteiger charge is 2.12. The number of nitrogens with zero attached hydrogens (tertiary/aromatic N) is 2. The maximum absolute atomic E-state index is 12.0. The van der Waals surface area contributed by atoms with Crippen LogP contribution in [0.25, 0.3) is 0 Å². The number of hydrogen-bond acceptors (Lipinski definition) is 7. The van der Waals surface area contributed by atoms with Gasteiger partial charge in [-0.05, 0) is 54.4 Å². The van der Waals surface area contributed by atoms with Gasteiger partial charge < -0.3 is 14.6 Å². The van der Waals surface area contributed by atoms with Crippen LogP contribution in [0.15, 0.2) is 26.5 Å². The zero-order valence-corrected chi connectivity index (χ0v) is 17.3. The number of anilines is 1. The van der Waals surface area contributed by atoms with Crippen molar-refractivity contribution in [2.24, 2.45) is 5.10 Å². The van der Waals surface area contributed by atoms with Crippen molar-refractivity contribution in [2.45, 2.75) is 33.3 Å². The van der Waals surface area contributed by atoms with Crippen molar-refractivity contribution in [1.29, 1.82) is 0 Å². The first kappa shape index (κ1) is 20.9. The maximum Gasteiger partial charge on any atom is 0.255 e. The lowest BCUT2D eigenvalue weighted by molar-refractivity contribution is 0.228. The Morgan fingerprint density at radius 2 is 2.19 bits per heavy atom. The van der Waals surface area contributed by atoms with Gasteiger partial charge in [-0.25, -0.2) is 10.4 Å². The predicted molar refractivity (Wildman–Crippen MR) is 108 cm³/mol. The van der Waals surface area contributed by atoms with Crippen LogP contribution in [-0.4, -0.2) is 41.1 Å². The molecule has 0 aliphatic rings. The van der Waals surface area contributed by atoms with E-state index in [1.807, 2.05) is 19.9 Å². The van der Waals surface area contributed by atoms with Crippen LogP contribution in [0.2, 0.25) is 0 Å². The van der Waals surface area contributed by atoms with Crippen molar-refractivity contribution in [2.75, 3.05) is 19.1 Å². The molecule has 0 fully saturated rings. The van der Waals surface area contributed by atoms with Crippen LogP contribution >= 0.6 is 15.9 Å². The van der Waals surface area contributed by atoms with Crippen molar-refractivity contribution in [3.8, 4) is 11.5 Å². The number of hydrogen-bond donors (Lipinski definition) is 3. The molecule has 0 aliphatic carbocycles. The molecule has 0 amide bonds. The van der Waals surface area contributed by atoms with Crippen molar-refractivity contribution in [3.05, 3.63) is 43.8 Å². The van der Waals surface area contributed by atoms with Crippen LogP contribution in [0.1, 0.15) is 30.7 Å². The lowest BCUT2D eigenvalue weighted by Crippen LogP contribution is -2.19. The molecule has 1 aromatic heterocycles. The van der Waals surface area contributed by atoms with Crippen molar-refractivity contribution in [3.63, 3.8) is 0 Å². The third-order valence-corrected chi connectivity index (χ3v) is 4.16. The second-order valence-electron chi connectivity index (χ2n) is 6.02. The number of aryl methyl sites for hydroxylation is 1. The van der Waals surface area contributed by atoms with Gasteiger partial charge in [-0.15, -0.1) is 0 Å². The van der Waals surface area contributed by atoms with Gasteiger partial charge in [-0.2, -0.15) is 5.10 Å². The highest BCUT2D eigenvalue weighted by Crippen LogP contribution is 2.36. The van der Waals surface area contributed by atoms with E-state index in [9.17, 15) is 4.79 Å². The summed E-state index contributed by atoms with van der Waals surface area (Å²) < 4.78 is 11.9. The standard InChI is InChI=1S/C18H23BrN4O4/c1-10(2)27-16-14(19)7-12(8-15(16)26-4)9-20-23-18-21-11(3)13(5-6-24)17(25)22-18/h7-10,24H,5-6H2,1-4H3,(H2,21,22,23,25)/b20-9-. The maximum atomic E-state index is 12.0. The molecule has 1 aromatic carbocycles. The minimum Gasteiger partial charge on any atom is -0.493 e. The summed E-state index contributed by atoms with van der Waals surface area (Å²) >= 11 is 3.48. The zero-order valence-electron chi connectivity index (χ0n) is 15.7. The molecular formula is C18H23BrN4O4. The molecule has 146 valence electrons. The van der Waals surface area contributed by atoms with Crippen molar-refractivity contribution >= 4 is 28.1 Å². The quantitative estimate of drug-likeness (QED) is 0.431. The number of hydrazone groups is 1. The van der Waals surface area contributed by atoms with E-state index in [0.29, 0.717) is 22.8 Å². The van der Waals surface area contributed by atoms with Crippen molar-refractivity contribution < 1.29 is 14.6 Å². The minimum atomic E-state index is -0.297. The third-order valence-electron chi connectivity index (χ3n) is 3.57. The van der Waals surface area contributed by atoms with E-state index in [4.69, 9.17) is 14.6 Å². The summed E-state index contributed by atoms with van der Waals surface area (Å²) in [6.07, 6.45) is 1.84. The Morgan fingerprint density at radius 1 is 1.44 bits per heavy atom. The second kappa shape index (κ2) is 9.52. The molecule has 0 aliphatic heterocycles. The zero-order chi connectivity index (χ0) is 20.0. The van der Waals surface area contributed by atoms with Gasteiger partial charge in [0.15, 0.2) is 11.5 Å². The van der Waals surface area contributed by atoms with E-state index >= 15 is 0 Å². The van der Waals surface area contributed by atoms with Gasteiger partial charge in [-0.3, -0.25) is 9.78 Å². The molecule has 2 rings (SSSR count). The molecule has 8 nitrogen and oxygen atoms in total. The summed E-state index contributed by atoms with van der Waals surface area (Å²) in [6, 6.07) is 3.64. The lowest BCUT2D eigenvalue weighted by Gasteiger charge is -2.15. The molecule has 3 N–H and O–H groups in total. The van der Waals surface area contributed by atoms with Gasteiger partial charge in [0.2, 0.25) is 5.95 Å². The summed E-state index contributed by atoms with van der Waals surface area (Å²) in [4.78, 5) is 18.8. The predicted octanol–water partition coefficient (Wildman–Crippen LogP) is 2.62. The number of ether oxygens (including phenoxy) is 2. The van der Waals surface area contributed by atoms with E-state index in [2.05, 4.69) is 36.4 Å². The fourth-order valence-corrected chi connectivity index (χ4v) is 2.96. The largest absolute Gasteiger partial charge is 0.493 e. The molecule has 0 saturated carbocycles. The van der Waals surface area contributed by atoms with Crippen LogP contribution in [-0.2, 0) is 6.42 Å². The van der Waals surface area contributed by atoms with Gasteiger partial charge in [0.1, 0.15) is 0 Å². The third kappa shape index (κ3) is 5.54. The van der Waals surface area contributed by atoms with Gasteiger partial charge in [0.25, 0.3) is 5.56 Å². The molecule has 9 heteroatoms. The molecule has 0 bridgehead atoms. The number of benzene rings is 1. The second-order valence-corrected chi connectivity index (χ2v) is 6.88. The lowest BCUT2D eigenvalue weighted by atomic mass is 10.2. The molecule has 0 radical (unpaired) electrons. The van der Waals surface area contributed by atoms with Gasteiger partial charge in [-0.1, -0.05) is 0 Å². The Hall–Kier alpha value is -2.39. The topological polar surface area (TPSA) is 109 Å². The summed E-state index contributed by atoms with van der Waals surface area (Å²) in [5.74, 6) is 1.43. The Balaban J connectivity index is 2.19. The summed E-state index contributed by atoms with van der Waals surface area (Å²) in [5, 5.41) is 13.1. The number of aromatic amines is 1. The number of aromatic nitrogens is 2. The normalized spacial score (nSPS) is 11.2. The fraction of sp³-hybridized carbons (Fsp3) is 0.389. The average molecular weight is 439 g/mol. The smallest absolute Gasteiger partial charge is 0.255 e. The first-order valence-corrected chi connectivity index (χ1v) is 9.19. The Labute approximate surface area is 165 Å². The molecule has 1 heterocycles. The summed E-state index contributed by atoms with van der Waals surface area (Å²) in [6.45, 7) is 5.48. The van der Waals surface area contributed by atoms with E-state index in [0.717, 1.165) is 10.0 Å². The SMILES string of the molecule is COc1cc(/C=N\Nc2nc(C)c(CCO)c(=O)[nH]2)cc(Br)c1OC(C)C. The van der Waals surface area contributed by atoms with Crippen LogP contribution in [0.4, 0.5) is 5.95 Å². The fourth-order valence-electron chi connectivity index (χ4n) is 2.40. The van der Waals surface area contributed by atoms with E-state index in [-0.39, 0.29) is 30.6 Å². The number of halogens is 1. The Morgan fingerprint density at radius 3 is 2.78 bits per heavy atom. The van der Waals surface area contributed by atoms with Crippen LogP contribution in [0, 0.1) is 6.92 Å². The number of rotatable bonds is 8. The summed E-state index contributed by atoms with van der Waals surface area (Å²) in [5.41, 5.74) is 4.17. The van der Waals surface area contributed by atoms with E-state index < -0.39 is 0 Å². The molecule has 2 aromatic rings. The van der Waals surface area contributed by atoms with E-state index in [1.54, 1.807) is 26.3 Å². The first-order valence-electron chi connectivity index (χ1n) is 8.39. The van der Waals surface area contributed by atoms with Crippen LogP contribution in [0.3, 0.4) is 0 Å². The monoisotopic (exact) mass is 438 g/mol. The minimum absolute atomic E-state index is 0.0105. The van der Waals surface area contributed by atoms with Gasteiger partial charge in [0, 0.05) is 18.6 Å². The summed E-state index contributed by atoms with van der Waals surface area (Å²) in [7, 11) is 1.57. The Bertz CT molecular complexity index is 880. The van der Waals surface area contributed by atoms with Crippen LogP contribution < -0.4 is 20.5 Å². The average Bonchev–Trinajstić information content (AvgIpc) is 2.60. The molecule has 0 unspecified atom stereocenters. The highest BCUT2D eigenvalue weighted by atomic mass is 79.9. The number of methoxy groups -OCH3 is 1. The number of nitrogens with one attached hydrogen (secondary N) is 2.